The van der Waals surface area contributed by atoms with E-state index in [0.717, 1.165) is 0 Å². The van der Waals surface area contributed by atoms with Crippen LogP contribution in [0.5, 0.6) is 0 Å². The van der Waals surface area contributed by atoms with E-state index >= 15 is 0 Å². The van der Waals surface area contributed by atoms with Gasteiger partial charge in [0.15, 0.2) is 6.61 Å². The molecule has 118 valence electrons. The lowest BCUT2D eigenvalue weighted by atomic mass is 10.1. The molecule has 0 unspecified atom stereocenters. The molecule has 0 aliphatic rings. The van der Waals surface area contributed by atoms with Gasteiger partial charge in [-0.25, -0.2) is 4.79 Å². The molecule has 3 aromatic rings. The van der Waals surface area contributed by atoms with Crippen LogP contribution in [0.1, 0.15) is 26.4 Å². The molecular weight excluding hydrogens is 326 g/mol. The minimum Gasteiger partial charge on any atom is -0.449 e. The topological polar surface area (TPSA) is 47.8 Å². The van der Waals surface area contributed by atoms with Crippen LogP contribution in [-0.2, 0) is 4.74 Å². The first kappa shape index (κ1) is 15.9. The van der Waals surface area contributed by atoms with E-state index in [1.807, 2.05) is 0 Å². The van der Waals surface area contributed by atoms with Gasteiger partial charge in [-0.05, 0) is 42.5 Å². The van der Waals surface area contributed by atoms with E-state index in [2.05, 4.69) is 5.92 Å². The number of nitrogens with zero attached hydrogens (tertiary/aromatic N) is 1. The molecule has 0 amide bonds. The van der Waals surface area contributed by atoms with Crippen LogP contribution in [0.25, 0.3) is 5.52 Å². The Morgan fingerprint density at radius 1 is 1.17 bits per heavy atom. The lowest BCUT2D eigenvalue weighted by molar-refractivity contribution is 0.0559. The predicted molar refractivity (Wildman–Crippen MR) is 91.4 cm³/mol. The molecule has 0 saturated carbocycles. The molecule has 0 aliphatic heterocycles. The summed E-state index contributed by atoms with van der Waals surface area (Å²) in [6, 6.07) is 13.4. The number of esters is 1. The van der Waals surface area contributed by atoms with Crippen LogP contribution in [0.3, 0.4) is 0 Å². The molecule has 0 N–H and O–H groups in total. The Balaban J connectivity index is 2.08. The Morgan fingerprint density at radius 2 is 1.92 bits per heavy atom. The van der Waals surface area contributed by atoms with Gasteiger partial charge in [0.2, 0.25) is 5.78 Å². The van der Waals surface area contributed by atoms with Crippen molar-refractivity contribution in [3.8, 4) is 12.3 Å². The van der Waals surface area contributed by atoms with Gasteiger partial charge in [-0.3, -0.25) is 4.79 Å². The average molecular weight is 338 g/mol. The average Bonchev–Trinajstić information content (AvgIpc) is 2.99. The Labute approximate surface area is 143 Å². The number of ether oxygens (including phenoxy) is 1. The molecule has 1 aromatic carbocycles. The van der Waals surface area contributed by atoms with Crippen LogP contribution in [0.15, 0.2) is 54.7 Å². The number of pyridine rings is 1. The molecule has 0 saturated heterocycles. The van der Waals surface area contributed by atoms with Crippen LogP contribution >= 0.6 is 11.6 Å². The van der Waals surface area contributed by atoms with Crippen molar-refractivity contribution in [2.24, 2.45) is 0 Å². The monoisotopic (exact) mass is 337 g/mol. The second-order valence-corrected chi connectivity index (χ2v) is 5.45. The molecule has 24 heavy (non-hydrogen) atoms. The third-order valence-electron chi connectivity index (χ3n) is 3.52. The summed E-state index contributed by atoms with van der Waals surface area (Å²) in [5.41, 5.74) is 1.71. The third-order valence-corrected chi connectivity index (χ3v) is 3.77. The molecule has 0 bridgehead atoms. The standard InChI is InChI=1S/C19H12ClNO3/c1-2-11-24-19(23)15-12-17(21-10-4-3-5-16(15)21)18(22)13-6-8-14(20)9-7-13/h1,3-10,12H,11H2. The SMILES string of the molecule is C#CCOC(=O)c1cc(C(=O)c2ccc(Cl)cc2)n2ccccc12. The molecule has 0 fully saturated rings. The Kier molecular flexibility index (Phi) is 4.37. The van der Waals surface area contributed by atoms with Crippen molar-refractivity contribution in [1.29, 1.82) is 0 Å². The second kappa shape index (κ2) is 6.61. The van der Waals surface area contributed by atoms with Gasteiger partial charge in [-0.15, -0.1) is 6.42 Å². The largest absolute Gasteiger partial charge is 0.449 e. The van der Waals surface area contributed by atoms with Crippen LogP contribution < -0.4 is 0 Å². The van der Waals surface area contributed by atoms with Crippen LogP contribution in [0, 0.1) is 12.3 Å². The number of halogens is 1. The van der Waals surface area contributed by atoms with Gasteiger partial charge in [-0.1, -0.05) is 23.6 Å². The van der Waals surface area contributed by atoms with Crippen molar-refractivity contribution in [1.82, 2.24) is 4.40 Å². The molecule has 0 atom stereocenters. The van der Waals surface area contributed by atoms with E-state index in [1.54, 1.807) is 53.1 Å². The fraction of sp³-hybridized carbons (Fsp3) is 0.0526. The second-order valence-electron chi connectivity index (χ2n) is 5.02. The smallest absolute Gasteiger partial charge is 0.341 e. The molecule has 0 aliphatic carbocycles. The lowest BCUT2D eigenvalue weighted by Crippen LogP contribution is -2.05. The summed E-state index contributed by atoms with van der Waals surface area (Å²) in [6.07, 6.45) is 6.83. The third kappa shape index (κ3) is 2.90. The van der Waals surface area contributed by atoms with E-state index in [4.69, 9.17) is 22.8 Å². The first-order valence-electron chi connectivity index (χ1n) is 7.13. The number of aromatic nitrogens is 1. The first-order chi connectivity index (χ1) is 11.6. The minimum atomic E-state index is -0.563. The Hall–Kier alpha value is -3.03. The molecular formula is C19H12ClNO3. The first-order valence-corrected chi connectivity index (χ1v) is 7.50. The molecule has 3 rings (SSSR count). The summed E-state index contributed by atoms with van der Waals surface area (Å²) in [4.78, 5) is 24.9. The summed E-state index contributed by atoms with van der Waals surface area (Å²) in [7, 11) is 0. The summed E-state index contributed by atoms with van der Waals surface area (Å²) in [5.74, 6) is 1.47. The summed E-state index contributed by atoms with van der Waals surface area (Å²) in [5, 5.41) is 0.546. The number of hydrogen-bond acceptors (Lipinski definition) is 3. The van der Waals surface area contributed by atoms with Crippen molar-refractivity contribution < 1.29 is 14.3 Å². The van der Waals surface area contributed by atoms with Crippen molar-refractivity contribution in [3.05, 3.63) is 76.6 Å². The fourth-order valence-corrected chi connectivity index (χ4v) is 2.55. The van der Waals surface area contributed by atoms with Crippen molar-refractivity contribution in [2.75, 3.05) is 6.61 Å². The number of terminal acetylenes is 1. The highest BCUT2D eigenvalue weighted by molar-refractivity contribution is 6.30. The lowest BCUT2D eigenvalue weighted by Gasteiger charge is -2.02. The number of benzene rings is 1. The van der Waals surface area contributed by atoms with E-state index in [0.29, 0.717) is 27.4 Å². The highest BCUT2D eigenvalue weighted by atomic mass is 35.5. The van der Waals surface area contributed by atoms with E-state index in [9.17, 15) is 9.59 Å². The highest BCUT2D eigenvalue weighted by Gasteiger charge is 2.21. The van der Waals surface area contributed by atoms with Crippen LogP contribution in [0.2, 0.25) is 5.02 Å². The van der Waals surface area contributed by atoms with Gasteiger partial charge in [0.1, 0.15) is 0 Å². The zero-order valence-corrected chi connectivity index (χ0v) is 13.3. The van der Waals surface area contributed by atoms with E-state index < -0.39 is 5.97 Å². The van der Waals surface area contributed by atoms with Crippen LogP contribution in [-0.4, -0.2) is 22.8 Å². The number of carbonyl (C=O) groups is 2. The van der Waals surface area contributed by atoms with E-state index in [1.165, 1.54) is 6.07 Å². The zero-order chi connectivity index (χ0) is 17.1. The maximum atomic E-state index is 12.8. The number of rotatable bonds is 4. The minimum absolute atomic E-state index is 0.122. The Morgan fingerprint density at radius 3 is 2.62 bits per heavy atom. The van der Waals surface area contributed by atoms with Gasteiger partial charge in [-0.2, -0.15) is 0 Å². The fourth-order valence-electron chi connectivity index (χ4n) is 2.43. The summed E-state index contributed by atoms with van der Waals surface area (Å²) in [6.45, 7) is -0.122. The molecule has 0 spiro atoms. The van der Waals surface area contributed by atoms with Gasteiger partial charge in [0, 0.05) is 16.8 Å². The number of hydrogen-bond donors (Lipinski definition) is 0. The molecule has 2 aromatic heterocycles. The van der Waals surface area contributed by atoms with Gasteiger partial charge in [0.05, 0.1) is 16.8 Å². The van der Waals surface area contributed by atoms with Gasteiger partial charge < -0.3 is 9.14 Å². The van der Waals surface area contributed by atoms with Crippen molar-refractivity contribution in [2.45, 2.75) is 0 Å². The normalized spacial score (nSPS) is 10.3. The van der Waals surface area contributed by atoms with Crippen LogP contribution in [0.4, 0.5) is 0 Å². The number of fused-ring (bicyclic) bond motifs is 1. The predicted octanol–water partition coefficient (Wildman–Crippen LogP) is 3.61. The van der Waals surface area contributed by atoms with Gasteiger partial charge >= 0.3 is 5.97 Å². The maximum absolute atomic E-state index is 12.8. The summed E-state index contributed by atoms with van der Waals surface area (Å²) >= 11 is 5.86. The molecule has 5 heteroatoms. The highest BCUT2D eigenvalue weighted by Crippen LogP contribution is 2.21. The van der Waals surface area contributed by atoms with Gasteiger partial charge in [0.25, 0.3) is 0 Å². The quantitative estimate of drug-likeness (QED) is 0.415. The maximum Gasteiger partial charge on any atom is 0.341 e. The molecule has 4 nitrogen and oxygen atoms in total. The van der Waals surface area contributed by atoms with E-state index in [-0.39, 0.29) is 12.4 Å². The number of carbonyl (C=O) groups excluding carboxylic acids is 2. The number of ketones is 1. The van der Waals surface area contributed by atoms with Crippen molar-refractivity contribution in [3.63, 3.8) is 0 Å². The van der Waals surface area contributed by atoms with Crippen molar-refractivity contribution >= 4 is 28.9 Å². The molecule has 2 heterocycles. The Bertz CT molecular complexity index is 964. The summed E-state index contributed by atoms with van der Waals surface area (Å²) < 4.78 is 6.64. The molecule has 0 radical (unpaired) electrons. The zero-order valence-electron chi connectivity index (χ0n) is 12.5.